The molecule has 0 bridgehead atoms. The summed E-state index contributed by atoms with van der Waals surface area (Å²) in [5.74, 6) is -1.42. The van der Waals surface area contributed by atoms with Crippen LogP contribution in [0, 0.1) is 0 Å². The average Bonchev–Trinajstić information content (AvgIpc) is 2.52. The first kappa shape index (κ1) is 15.8. The van der Waals surface area contributed by atoms with E-state index < -0.39 is 36.4 Å². The lowest BCUT2D eigenvalue weighted by Crippen LogP contribution is -2.57. The molecule has 7 heteroatoms. The summed E-state index contributed by atoms with van der Waals surface area (Å²) in [6.45, 7) is 0. The summed E-state index contributed by atoms with van der Waals surface area (Å²) in [6.07, 6.45) is -2.07. The molecule has 0 unspecified atom stereocenters. The highest BCUT2D eigenvalue weighted by Gasteiger charge is 2.38. The number of carbonyl (C=O) groups is 2. The summed E-state index contributed by atoms with van der Waals surface area (Å²) in [5.41, 5.74) is 4.16. The summed E-state index contributed by atoms with van der Waals surface area (Å²) in [6, 6.07) is 0. The lowest BCUT2D eigenvalue weighted by Gasteiger charge is -2.30. The Kier molecular flexibility index (Phi) is 5.20. The maximum absolute atomic E-state index is 12.0. The fourth-order valence-corrected chi connectivity index (χ4v) is 2.35. The van der Waals surface area contributed by atoms with Crippen LogP contribution in [0.15, 0.2) is 0 Å². The molecule has 0 heterocycles. The molecule has 0 aliphatic heterocycles. The van der Waals surface area contributed by atoms with Crippen molar-refractivity contribution in [3.05, 3.63) is 0 Å². The average molecular weight is 280 g/mol. The summed E-state index contributed by atoms with van der Waals surface area (Å²) < 4.78 is 36.1. The van der Waals surface area contributed by atoms with Gasteiger partial charge >= 0.3 is 6.18 Å². The van der Waals surface area contributed by atoms with Gasteiger partial charge in [-0.2, -0.15) is 13.2 Å². The van der Waals surface area contributed by atoms with Crippen molar-refractivity contribution >= 4 is 11.8 Å². The Morgan fingerprint density at radius 3 is 2.05 bits per heavy atom. The van der Waals surface area contributed by atoms with E-state index in [2.05, 4.69) is 5.32 Å². The lowest BCUT2D eigenvalue weighted by molar-refractivity contribution is -0.146. The van der Waals surface area contributed by atoms with E-state index in [1.807, 2.05) is 0 Å². The van der Waals surface area contributed by atoms with Crippen LogP contribution >= 0.6 is 0 Å². The first-order valence-corrected chi connectivity index (χ1v) is 6.43. The van der Waals surface area contributed by atoms with Crippen molar-refractivity contribution < 1.29 is 22.8 Å². The highest BCUT2D eigenvalue weighted by atomic mass is 19.4. The van der Waals surface area contributed by atoms with E-state index in [0.717, 1.165) is 25.7 Å². The van der Waals surface area contributed by atoms with E-state index in [4.69, 9.17) is 5.73 Å². The standard InChI is InChI=1S/C12H19F3N2O2/c13-12(14,15)8-5-9(18)17-11(10(16)19)6-3-1-2-4-7-11/h1-8H2,(H2,16,19)(H,17,18). The van der Waals surface area contributed by atoms with Gasteiger partial charge in [-0.1, -0.05) is 25.7 Å². The number of alkyl halides is 3. The molecule has 0 atom stereocenters. The van der Waals surface area contributed by atoms with Crippen molar-refractivity contribution in [2.75, 3.05) is 0 Å². The second-order valence-electron chi connectivity index (χ2n) is 5.02. The predicted octanol–water partition coefficient (Wildman–Crippen LogP) is 2.02. The van der Waals surface area contributed by atoms with Crippen molar-refractivity contribution in [2.45, 2.75) is 63.1 Å². The molecule has 0 saturated heterocycles. The van der Waals surface area contributed by atoms with Crippen LogP contribution in [0.5, 0.6) is 0 Å². The molecule has 3 N–H and O–H groups in total. The van der Waals surface area contributed by atoms with Crippen molar-refractivity contribution in [2.24, 2.45) is 5.73 Å². The fraction of sp³-hybridized carbons (Fsp3) is 0.833. The molecule has 4 nitrogen and oxygen atoms in total. The number of carbonyl (C=O) groups excluding carboxylic acids is 2. The van der Waals surface area contributed by atoms with Crippen LogP contribution in [-0.4, -0.2) is 23.5 Å². The minimum Gasteiger partial charge on any atom is -0.368 e. The molecule has 19 heavy (non-hydrogen) atoms. The Hall–Kier alpha value is -1.27. The predicted molar refractivity (Wildman–Crippen MR) is 63.1 cm³/mol. The first-order valence-electron chi connectivity index (χ1n) is 6.43. The molecule has 1 aliphatic rings. The molecular weight excluding hydrogens is 261 g/mol. The van der Waals surface area contributed by atoms with Crippen LogP contribution in [0.25, 0.3) is 0 Å². The molecule has 0 aromatic carbocycles. The van der Waals surface area contributed by atoms with Gasteiger partial charge in [0.05, 0.1) is 6.42 Å². The van der Waals surface area contributed by atoms with Crippen molar-refractivity contribution in [3.63, 3.8) is 0 Å². The zero-order chi connectivity index (χ0) is 14.5. The molecular formula is C12H19F3N2O2. The first-order chi connectivity index (χ1) is 8.75. The summed E-state index contributed by atoms with van der Waals surface area (Å²) >= 11 is 0. The number of hydrogen-bond acceptors (Lipinski definition) is 2. The zero-order valence-electron chi connectivity index (χ0n) is 10.7. The number of nitrogens with one attached hydrogen (secondary N) is 1. The monoisotopic (exact) mass is 280 g/mol. The Bertz CT molecular complexity index is 334. The van der Waals surface area contributed by atoms with Gasteiger partial charge in [-0.05, 0) is 12.8 Å². The Morgan fingerprint density at radius 2 is 1.63 bits per heavy atom. The molecule has 0 radical (unpaired) electrons. The number of rotatable bonds is 4. The third kappa shape index (κ3) is 5.08. The second kappa shape index (κ2) is 6.25. The number of nitrogens with two attached hydrogens (primary N) is 1. The number of halogens is 3. The molecule has 0 spiro atoms. The third-order valence-corrected chi connectivity index (χ3v) is 3.44. The Morgan fingerprint density at radius 1 is 1.11 bits per heavy atom. The van der Waals surface area contributed by atoms with Gasteiger partial charge in [0.2, 0.25) is 11.8 Å². The van der Waals surface area contributed by atoms with E-state index in [1.165, 1.54) is 0 Å². The van der Waals surface area contributed by atoms with Crippen LogP contribution < -0.4 is 11.1 Å². The quantitative estimate of drug-likeness (QED) is 0.773. The highest BCUT2D eigenvalue weighted by Crippen LogP contribution is 2.28. The van der Waals surface area contributed by atoms with E-state index in [0.29, 0.717) is 12.8 Å². The van der Waals surface area contributed by atoms with Gasteiger partial charge in [-0.25, -0.2) is 0 Å². The number of primary amides is 1. The van der Waals surface area contributed by atoms with Crippen molar-refractivity contribution in [3.8, 4) is 0 Å². The number of amides is 2. The SMILES string of the molecule is NC(=O)C1(NC(=O)CCC(F)(F)F)CCCCCC1. The molecule has 1 fully saturated rings. The van der Waals surface area contributed by atoms with Crippen LogP contribution in [-0.2, 0) is 9.59 Å². The van der Waals surface area contributed by atoms with E-state index >= 15 is 0 Å². The third-order valence-electron chi connectivity index (χ3n) is 3.44. The van der Waals surface area contributed by atoms with Gasteiger partial charge in [-0.3, -0.25) is 9.59 Å². The van der Waals surface area contributed by atoms with Gasteiger partial charge in [0.15, 0.2) is 0 Å². The molecule has 2 amide bonds. The smallest absolute Gasteiger partial charge is 0.368 e. The van der Waals surface area contributed by atoms with Crippen LogP contribution in [0.2, 0.25) is 0 Å². The van der Waals surface area contributed by atoms with Gasteiger partial charge in [0.1, 0.15) is 5.54 Å². The highest BCUT2D eigenvalue weighted by molar-refractivity contribution is 5.90. The normalized spacial score (nSPS) is 19.5. The zero-order valence-corrected chi connectivity index (χ0v) is 10.7. The Labute approximate surface area is 109 Å². The fourth-order valence-electron chi connectivity index (χ4n) is 2.35. The van der Waals surface area contributed by atoms with Gasteiger partial charge in [0, 0.05) is 6.42 Å². The van der Waals surface area contributed by atoms with E-state index in [9.17, 15) is 22.8 Å². The van der Waals surface area contributed by atoms with Crippen LogP contribution in [0.3, 0.4) is 0 Å². The summed E-state index contributed by atoms with van der Waals surface area (Å²) in [7, 11) is 0. The molecule has 0 aromatic heterocycles. The van der Waals surface area contributed by atoms with Gasteiger partial charge in [-0.15, -0.1) is 0 Å². The summed E-state index contributed by atoms with van der Waals surface area (Å²) in [5, 5.41) is 2.43. The maximum Gasteiger partial charge on any atom is 0.389 e. The lowest BCUT2D eigenvalue weighted by atomic mass is 9.89. The van der Waals surface area contributed by atoms with Crippen LogP contribution in [0.4, 0.5) is 13.2 Å². The van der Waals surface area contributed by atoms with Crippen molar-refractivity contribution in [1.82, 2.24) is 5.32 Å². The van der Waals surface area contributed by atoms with Crippen LogP contribution in [0.1, 0.15) is 51.4 Å². The molecule has 0 aromatic rings. The molecule has 1 rings (SSSR count). The maximum atomic E-state index is 12.0. The van der Waals surface area contributed by atoms with E-state index in [1.54, 1.807) is 0 Å². The van der Waals surface area contributed by atoms with Gasteiger partial charge < -0.3 is 11.1 Å². The minimum atomic E-state index is -4.37. The Balaban J connectivity index is 2.62. The summed E-state index contributed by atoms with van der Waals surface area (Å²) in [4.78, 5) is 23.1. The topological polar surface area (TPSA) is 72.2 Å². The molecule has 1 saturated carbocycles. The molecule has 110 valence electrons. The van der Waals surface area contributed by atoms with Crippen molar-refractivity contribution in [1.29, 1.82) is 0 Å². The molecule has 1 aliphatic carbocycles. The minimum absolute atomic E-state index is 0.403. The van der Waals surface area contributed by atoms with E-state index in [-0.39, 0.29) is 0 Å². The largest absolute Gasteiger partial charge is 0.389 e. The number of hydrogen-bond donors (Lipinski definition) is 2. The van der Waals surface area contributed by atoms with Gasteiger partial charge in [0.25, 0.3) is 0 Å². The second-order valence-corrected chi connectivity index (χ2v) is 5.02.